The van der Waals surface area contributed by atoms with Crippen LogP contribution in [0.4, 0.5) is 0 Å². The number of hydrogen-bond donors (Lipinski definition) is 4. The van der Waals surface area contributed by atoms with E-state index in [0.29, 0.717) is 0 Å². The van der Waals surface area contributed by atoms with Gasteiger partial charge in [0.05, 0.1) is 6.04 Å². The van der Waals surface area contributed by atoms with Crippen LogP contribution in [0.2, 0.25) is 0 Å². The number of esters is 1. The molecule has 1 saturated heterocycles. The maximum absolute atomic E-state index is 10.5. The molecule has 1 aliphatic rings. The summed E-state index contributed by atoms with van der Waals surface area (Å²) in [6, 6.07) is -1.03. The highest BCUT2D eigenvalue weighted by Crippen LogP contribution is 2.18. The van der Waals surface area contributed by atoms with Gasteiger partial charge in [0.2, 0.25) is 0 Å². The number of hydrogen-bond acceptors (Lipinski definition) is 7. The summed E-state index contributed by atoms with van der Waals surface area (Å²) in [6.07, 6.45) is -4.96. The van der Waals surface area contributed by atoms with Crippen molar-refractivity contribution in [2.24, 2.45) is 5.73 Å². The molecule has 5 atom stereocenters. The fraction of sp³-hybridized carbons (Fsp3) is 0.875. The van der Waals surface area contributed by atoms with Crippen molar-refractivity contribution in [1.29, 1.82) is 0 Å². The minimum Gasteiger partial charge on any atom is -0.463 e. The molecule has 0 aromatic rings. The Hall–Kier alpha value is -0.730. The Morgan fingerprint density at radius 1 is 1.40 bits per heavy atom. The van der Waals surface area contributed by atoms with Crippen molar-refractivity contribution >= 4 is 5.97 Å². The molecule has 88 valence electrons. The van der Waals surface area contributed by atoms with Gasteiger partial charge in [-0.15, -0.1) is 0 Å². The smallest absolute Gasteiger partial charge is 0.302 e. The predicted molar refractivity (Wildman–Crippen MR) is 47.5 cm³/mol. The molecule has 0 bridgehead atoms. The highest BCUT2D eigenvalue weighted by atomic mass is 16.6. The van der Waals surface area contributed by atoms with Gasteiger partial charge in [0.1, 0.15) is 24.9 Å². The zero-order chi connectivity index (χ0) is 11.6. The number of rotatable bonds is 2. The van der Waals surface area contributed by atoms with E-state index in [1.807, 2.05) is 0 Å². The van der Waals surface area contributed by atoms with Gasteiger partial charge in [-0.1, -0.05) is 0 Å². The molecule has 1 aliphatic heterocycles. The summed E-state index contributed by atoms with van der Waals surface area (Å²) in [5.74, 6) is -0.528. The molecule has 2 unspecified atom stereocenters. The number of carbonyl (C=O) groups excluding carboxylic acids is 1. The Morgan fingerprint density at radius 3 is 2.53 bits per heavy atom. The molecule has 0 amide bonds. The summed E-state index contributed by atoms with van der Waals surface area (Å²) in [5, 5.41) is 28.0. The lowest BCUT2D eigenvalue weighted by Crippen LogP contribution is -2.62. The van der Waals surface area contributed by atoms with E-state index in [1.54, 1.807) is 0 Å². The standard InChI is InChI=1S/C8H15NO6/c1-3(10)14-2-4-6(11)5(9)7(12)8(13)15-4/h4-8,11-13H,2,9H2,1H3/t4?,5-,6+,7?,8-/m0/s1. The van der Waals surface area contributed by atoms with Gasteiger partial charge in [0.15, 0.2) is 6.29 Å². The zero-order valence-corrected chi connectivity index (χ0v) is 8.24. The molecular weight excluding hydrogens is 206 g/mol. The molecule has 0 aromatic carbocycles. The molecule has 0 spiro atoms. The van der Waals surface area contributed by atoms with Crippen LogP contribution in [-0.2, 0) is 14.3 Å². The van der Waals surface area contributed by atoms with Gasteiger partial charge >= 0.3 is 5.97 Å². The van der Waals surface area contributed by atoms with Gasteiger partial charge in [-0.3, -0.25) is 4.79 Å². The molecule has 1 rings (SSSR count). The van der Waals surface area contributed by atoms with Crippen molar-refractivity contribution in [2.45, 2.75) is 37.6 Å². The molecular formula is C8H15NO6. The van der Waals surface area contributed by atoms with E-state index in [-0.39, 0.29) is 6.61 Å². The molecule has 0 aliphatic carbocycles. The van der Waals surface area contributed by atoms with E-state index in [9.17, 15) is 20.1 Å². The lowest BCUT2D eigenvalue weighted by atomic mass is 9.97. The molecule has 0 saturated carbocycles. The van der Waals surface area contributed by atoms with Crippen LogP contribution in [0.15, 0.2) is 0 Å². The lowest BCUT2D eigenvalue weighted by molar-refractivity contribution is -0.259. The van der Waals surface area contributed by atoms with Gasteiger partial charge in [-0.25, -0.2) is 0 Å². The molecule has 1 heterocycles. The molecule has 0 radical (unpaired) electrons. The van der Waals surface area contributed by atoms with Gasteiger partial charge in [0, 0.05) is 6.92 Å². The Bertz CT molecular complexity index is 235. The minimum atomic E-state index is -1.48. The summed E-state index contributed by atoms with van der Waals surface area (Å²) in [6.45, 7) is 0.994. The van der Waals surface area contributed by atoms with E-state index < -0.39 is 36.6 Å². The zero-order valence-electron chi connectivity index (χ0n) is 8.24. The first-order valence-electron chi connectivity index (χ1n) is 4.52. The van der Waals surface area contributed by atoms with Crippen LogP contribution >= 0.6 is 0 Å². The average Bonchev–Trinajstić information content (AvgIpc) is 2.18. The van der Waals surface area contributed by atoms with Crippen molar-refractivity contribution in [3.05, 3.63) is 0 Å². The Labute approximate surface area is 86.4 Å². The quantitative estimate of drug-likeness (QED) is 0.375. The van der Waals surface area contributed by atoms with E-state index in [0.717, 1.165) is 0 Å². The van der Waals surface area contributed by atoms with Crippen LogP contribution in [0.5, 0.6) is 0 Å². The van der Waals surface area contributed by atoms with E-state index >= 15 is 0 Å². The third-order valence-corrected chi connectivity index (χ3v) is 2.23. The molecule has 0 aromatic heterocycles. The molecule has 7 heteroatoms. The summed E-state index contributed by atoms with van der Waals surface area (Å²) in [5.41, 5.74) is 5.43. The van der Waals surface area contributed by atoms with Crippen LogP contribution in [0.3, 0.4) is 0 Å². The van der Waals surface area contributed by atoms with E-state index in [4.69, 9.17) is 10.5 Å². The number of aliphatic hydroxyl groups excluding tert-OH is 3. The first kappa shape index (κ1) is 12.3. The summed E-state index contributed by atoms with van der Waals surface area (Å²) < 4.78 is 9.44. The van der Waals surface area contributed by atoms with Gasteiger partial charge < -0.3 is 30.5 Å². The van der Waals surface area contributed by atoms with Gasteiger partial charge in [-0.2, -0.15) is 0 Å². The number of ether oxygens (including phenoxy) is 2. The van der Waals surface area contributed by atoms with Crippen molar-refractivity contribution in [1.82, 2.24) is 0 Å². The predicted octanol–water partition coefficient (Wildman–Crippen LogP) is -2.68. The highest BCUT2D eigenvalue weighted by Gasteiger charge is 2.42. The average molecular weight is 221 g/mol. The number of nitrogens with two attached hydrogens (primary N) is 1. The van der Waals surface area contributed by atoms with Crippen LogP contribution in [0, 0.1) is 0 Å². The van der Waals surface area contributed by atoms with Gasteiger partial charge in [0.25, 0.3) is 0 Å². The van der Waals surface area contributed by atoms with Crippen LogP contribution < -0.4 is 5.73 Å². The number of carbonyl (C=O) groups is 1. The Balaban J connectivity index is 2.54. The topological polar surface area (TPSA) is 122 Å². The van der Waals surface area contributed by atoms with E-state index in [2.05, 4.69) is 4.74 Å². The second-order valence-corrected chi connectivity index (χ2v) is 3.43. The fourth-order valence-corrected chi connectivity index (χ4v) is 1.32. The summed E-state index contributed by atoms with van der Waals surface area (Å²) in [7, 11) is 0. The molecule has 7 nitrogen and oxygen atoms in total. The van der Waals surface area contributed by atoms with Crippen LogP contribution in [0.1, 0.15) is 6.92 Å². The number of aliphatic hydroxyl groups is 3. The van der Waals surface area contributed by atoms with Crippen molar-refractivity contribution in [3.63, 3.8) is 0 Å². The lowest BCUT2D eigenvalue weighted by Gasteiger charge is -2.38. The third-order valence-electron chi connectivity index (χ3n) is 2.23. The van der Waals surface area contributed by atoms with Gasteiger partial charge in [-0.05, 0) is 0 Å². The normalized spacial score (nSPS) is 41.3. The van der Waals surface area contributed by atoms with E-state index in [1.165, 1.54) is 6.92 Å². The molecule has 1 fully saturated rings. The van der Waals surface area contributed by atoms with Crippen LogP contribution in [-0.4, -0.2) is 58.5 Å². The highest BCUT2D eigenvalue weighted by molar-refractivity contribution is 5.65. The van der Waals surface area contributed by atoms with Crippen molar-refractivity contribution in [3.8, 4) is 0 Å². The first-order valence-corrected chi connectivity index (χ1v) is 4.52. The Morgan fingerprint density at radius 2 is 2.00 bits per heavy atom. The second-order valence-electron chi connectivity index (χ2n) is 3.43. The SMILES string of the molecule is CC(=O)OCC1O[C@H](O)C(O)[C@@H](N)[C@@H]1O. The van der Waals surface area contributed by atoms with Crippen LogP contribution in [0.25, 0.3) is 0 Å². The fourth-order valence-electron chi connectivity index (χ4n) is 1.32. The Kier molecular flexibility index (Phi) is 4.00. The third kappa shape index (κ3) is 2.86. The minimum absolute atomic E-state index is 0.214. The first-order chi connectivity index (χ1) is 6.93. The summed E-state index contributed by atoms with van der Waals surface area (Å²) >= 11 is 0. The largest absolute Gasteiger partial charge is 0.463 e. The monoisotopic (exact) mass is 221 g/mol. The second kappa shape index (κ2) is 4.86. The maximum atomic E-state index is 10.5. The molecule has 5 N–H and O–H groups in total. The maximum Gasteiger partial charge on any atom is 0.302 e. The summed E-state index contributed by atoms with van der Waals surface area (Å²) in [4.78, 5) is 10.5. The van der Waals surface area contributed by atoms with Crippen molar-refractivity contribution < 1.29 is 29.6 Å². The van der Waals surface area contributed by atoms with Crippen molar-refractivity contribution in [2.75, 3.05) is 6.61 Å². The molecule has 15 heavy (non-hydrogen) atoms.